The molecule has 0 heterocycles. The summed E-state index contributed by atoms with van der Waals surface area (Å²) in [6.07, 6.45) is 16.0. The van der Waals surface area contributed by atoms with Crippen LogP contribution in [0.2, 0.25) is 0 Å². The molecule has 0 bridgehead atoms. The number of carbonyl (C=O) groups excluding carboxylic acids is 2. The summed E-state index contributed by atoms with van der Waals surface area (Å²) < 4.78 is 6.35. The van der Waals surface area contributed by atoms with Gasteiger partial charge in [0.2, 0.25) is 0 Å². The van der Waals surface area contributed by atoms with Gasteiger partial charge in [-0.15, -0.1) is 0 Å². The van der Waals surface area contributed by atoms with E-state index in [9.17, 15) is 19.7 Å². The van der Waals surface area contributed by atoms with E-state index >= 15 is 0 Å². The quantitative estimate of drug-likeness (QED) is 0.287. The molecular weight excluding hydrogens is 430 g/mol. The van der Waals surface area contributed by atoms with Crippen molar-refractivity contribution in [3.63, 3.8) is 0 Å². The van der Waals surface area contributed by atoms with Gasteiger partial charge in [0.25, 0.3) is 5.69 Å². The topological polar surface area (TPSA) is 86.5 Å². The number of ketones is 1. The molecule has 0 N–H and O–H groups in total. The van der Waals surface area contributed by atoms with E-state index in [1.54, 1.807) is 0 Å². The van der Waals surface area contributed by atoms with Gasteiger partial charge >= 0.3 is 5.97 Å². The SMILES string of the molecule is O=C(O[C@H]1CCC2(CCCC2)[C@@]12C(=O)CC[C@]21CCCC12CCCC2)c1ccc([N+](=O)[O-])cc1. The van der Waals surface area contributed by atoms with Gasteiger partial charge in [-0.05, 0) is 86.2 Å². The first kappa shape index (κ1) is 22.2. The fourth-order valence-electron chi connectivity index (χ4n) is 10.2. The van der Waals surface area contributed by atoms with Gasteiger partial charge in [-0.25, -0.2) is 4.79 Å². The summed E-state index contributed by atoms with van der Waals surface area (Å²) in [7, 11) is 0. The zero-order valence-corrected chi connectivity index (χ0v) is 20.0. The van der Waals surface area contributed by atoms with Crippen LogP contribution in [0.4, 0.5) is 5.69 Å². The van der Waals surface area contributed by atoms with E-state index in [2.05, 4.69) is 0 Å². The second-order valence-electron chi connectivity index (χ2n) is 11.9. The first-order valence-corrected chi connectivity index (χ1v) is 13.4. The molecule has 4 spiro atoms. The lowest BCUT2D eigenvalue weighted by molar-refractivity contribution is -0.384. The standard InChI is InChI=1S/C28H35NO5/c30-22-10-19-27(17-5-16-25(27)12-1-2-13-25)28(22)23(11-18-26(28)14-3-4-15-26)34-24(31)20-6-8-21(9-7-20)29(32)33/h6-9,23H,1-5,10-19H2/t23-,27-,28+/m0/s1. The molecule has 1 aromatic carbocycles. The minimum absolute atomic E-state index is 0.0269. The Hall–Kier alpha value is -2.24. The third kappa shape index (κ3) is 2.63. The van der Waals surface area contributed by atoms with E-state index in [1.165, 1.54) is 75.6 Å². The molecule has 3 atom stereocenters. The van der Waals surface area contributed by atoms with Gasteiger partial charge in [0.1, 0.15) is 11.9 Å². The van der Waals surface area contributed by atoms with Gasteiger partial charge in [0.15, 0.2) is 0 Å². The monoisotopic (exact) mass is 465 g/mol. The van der Waals surface area contributed by atoms with E-state index in [1.807, 2.05) is 0 Å². The van der Waals surface area contributed by atoms with Gasteiger partial charge in [-0.2, -0.15) is 0 Å². The minimum Gasteiger partial charge on any atom is -0.458 e. The molecule has 1 aromatic rings. The van der Waals surface area contributed by atoms with Crippen LogP contribution in [0.1, 0.15) is 107 Å². The van der Waals surface area contributed by atoms with Crippen LogP contribution in [0, 0.1) is 31.8 Å². The minimum atomic E-state index is -0.548. The Kier molecular flexibility index (Phi) is 4.99. The summed E-state index contributed by atoms with van der Waals surface area (Å²) in [4.78, 5) is 38.2. The molecule has 182 valence electrons. The van der Waals surface area contributed by atoms with E-state index in [0.717, 1.165) is 38.5 Å². The lowest BCUT2D eigenvalue weighted by Crippen LogP contribution is -2.60. The molecular formula is C28H35NO5. The highest BCUT2D eigenvalue weighted by atomic mass is 16.6. The van der Waals surface area contributed by atoms with Crippen LogP contribution in [0.5, 0.6) is 0 Å². The number of hydrogen-bond acceptors (Lipinski definition) is 5. The normalized spacial score (nSPS) is 35.3. The van der Waals surface area contributed by atoms with Crippen molar-refractivity contribution in [2.45, 2.75) is 102 Å². The number of nitro groups is 1. The van der Waals surface area contributed by atoms with Crippen LogP contribution in [0.25, 0.3) is 0 Å². The number of benzene rings is 1. The molecule has 0 saturated heterocycles. The van der Waals surface area contributed by atoms with Gasteiger partial charge < -0.3 is 4.74 Å². The molecule has 34 heavy (non-hydrogen) atoms. The molecule has 0 amide bonds. The van der Waals surface area contributed by atoms with Gasteiger partial charge in [-0.3, -0.25) is 14.9 Å². The summed E-state index contributed by atoms with van der Waals surface area (Å²) in [5, 5.41) is 11.0. The molecule has 0 aromatic heterocycles. The van der Waals surface area contributed by atoms with Crippen LogP contribution in [-0.2, 0) is 9.53 Å². The van der Waals surface area contributed by atoms with Crippen molar-refractivity contribution < 1.29 is 19.2 Å². The third-order valence-corrected chi connectivity index (χ3v) is 11.1. The smallest absolute Gasteiger partial charge is 0.338 e. The van der Waals surface area contributed by atoms with Crippen molar-refractivity contribution in [2.24, 2.45) is 21.7 Å². The van der Waals surface area contributed by atoms with Crippen molar-refractivity contribution in [1.29, 1.82) is 0 Å². The van der Waals surface area contributed by atoms with Crippen LogP contribution in [0.15, 0.2) is 24.3 Å². The Labute approximate surface area is 201 Å². The summed E-state index contributed by atoms with van der Waals surface area (Å²) >= 11 is 0. The average Bonchev–Trinajstić information content (AvgIpc) is 3.65. The van der Waals surface area contributed by atoms with Crippen molar-refractivity contribution in [2.75, 3.05) is 0 Å². The largest absolute Gasteiger partial charge is 0.458 e. The maximum absolute atomic E-state index is 14.2. The molecule has 0 unspecified atom stereocenters. The lowest BCUT2D eigenvalue weighted by atomic mass is 9.44. The molecule has 6 nitrogen and oxygen atoms in total. The third-order valence-electron chi connectivity index (χ3n) is 11.1. The van der Waals surface area contributed by atoms with Crippen molar-refractivity contribution in [3.05, 3.63) is 39.9 Å². The van der Waals surface area contributed by atoms with E-state index in [0.29, 0.717) is 17.8 Å². The van der Waals surface area contributed by atoms with E-state index < -0.39 is 16.3 Å². The molecule has 0 aliphatic heterocycles. The Bertz CT molecular complexity index is 1010. The van der Waals surface area contributed by atoms with Gasteiger partial charge in [0, 0.05) is 18.6 Å². The lowest BCUT2D eigenvalue weighted by Gasteiger charge is -2.58. The number of carbonyl (C=O) groups is 2. The van der Waals surface area contributed by atoms with Crippen molar-refractivity contribution in [1.82, 2.24) is 0 Å². The Morgan fingerprint density at radius 1 is 0.853 bits per heavy atom. The Morgan fingerprint density at radius 2 is 1.47 bits per heavy atom. The maximum atomic E-state index is 14.2. The van der Waals surface area contributed by atoms with Crippen LogP contribution in [0.3, 0.4) is 0 Å². The predicted molar refractivity (Wildman–Crippen MR) is 126 cm³/mol. The molecule has 5 aliphatic rings. The highest BCUT2D eigenvalue weighted by molar-refractivity contribution is 5.93. The highest BCUT2D eigenvalue weighted by Crippen LogP contribution is 2.81. The number of non-ortho nitro benzene ring substituents is 1. The Morgan fingerprint density at radius 3 is 2.12 bits per heavy atom. The zero-order chi connectivity index (χ0) is 23.6. The summed E-state index contributed by atoms with van der Waals surface area (Å²) in [5.41, 5.74) is -0.0896. The number of ether oxygens (including phenoxy) is 1. The predicted octanol–water partition coefficient (Wildman–Crippen LogP) is 6.55. The molecule has 6 heteroatoms. The Balaban J connectivity index is 1.42. The number of Topliss-reactive ketones (excluding diaryl/α,β-unsaturated/α-hetero) is 1. The number of nitro benzene ring substituents is 1. The fraction of sp³-hybridized carbons (Fsp3) is 0.714. The number of hydrogen-bond donors (Lipinski definition) is 0. The summed E-state index contributed by atoms with van der Waals surface area (Å²) in [5.74, 6) is -0.0655. The first-order valence-electron chi connectivity index (χ1n) is 13.4. The molecule has 5 aliphatic carbocycles. The highest BCUT2D eigenvalue weighted by Gasteiger charge is 2.80. The fourth-order valence-corrected chi connectivity index (χ4v) is 10.2. The van der Waals surface area contributed by atoms with Gasteiger partial charge in [0.05, 0.1) is 15.9 Å². The average molecular weight is 466 g/mol. The summed E-state index contributed by atoms with van der Waals surface area (Å²) in [6, 6.07) is 5.67. The van der Waals surface area contributed by atoms with Crippen molar-refractivity contribution >= 4 is 17.4 Å². The molecule has 5 saturated carbocycles. The molecule has 6 rings (SSSR count). The number of nitrogens with zero attached hydrogens (tertiary/aromatic N) is 1. The number of fused-ring (bicyclic) bond motifs is 3. The second kappa shape index (κ2) is 7.63. The zero-order valence-electron chi connectivity index (χ0n) is 20.0. The van der Waals surface area contributed by atoms with Crippen LogP contribution >= 0.6 is 0 Å². The number of rotatable bonds is 3. The van der Waals surface area contributed by atoms with Gasteiger partial charge in [-0.1, -0.05) is 32.1 Å². The maximum Gasteiger partial charge on any atom is 0.338 e. The van der Waals surface area contributed by atoms with Crippen molar-refractivity contribution in [3.8, 4) is 0 Å². The molecule has 5 fully saturated rings. The summed E-state index contributed by atoms with van der Waals surface area (Å²) in [6.45, 7) is 0. The van der Waals surface area contributed by atoms with Crippen LogP contribution in [-0.4, -0.2) is 22.8 Å². The van der Waals surface area contributed by atoms with E-state index in [4.69, 9.17) is 4.74 Å². The first-order chi connectivity index (χ1) is 16.4. The second-order valence-corrected chi connectivity index (χ2v) is 11.9. The van der Waals surface area contributed by atoms with E-state index in [-0.39, 0.29) is 28.0 Å². The number of esters is 1. The molecule has 0 radical (unpaired) electrons. The van der Waals surface area contributed by atoms with Crippen LogP contribution < -0.4 is 0 Å².